The second-order valence-corrected chi connectivity index (χ2v) is 8.65. The maximum Gasteiger partial charge on any atom is 0.277 e. The van der Waals surface area contributed by atoms with Crippen molar-refractivity contribution in [3.05, 3.63) is 71.4 Å². The number of carbonyl (C=O) groups is 2. The number of ether oxygens (including phenoxy) is 2. The van der Waals surface area contributed by atoms with E-state index in [4.69, 9.17) is 9.47 Å². The van der Waals surface area contributed by atoms with Crippen molar-refractivity contribution in [2.45, 2.75) is 25.7 Å². The SMILES string of the molecule is COCCCN1C(=O)C(c2ccccc2OC)=C(N2CCC(Cc3ccccc3)CC2)C1=O. The van der Waals surface area contributed by atoms with Crippen molar-refractivity contribution in [1.82, 2.24) is 9.80 Å². The number of likely N-dealkylation sites (tertiary alicyclic amines) is 1. The van der Waals surface area contributed by atoms with Gasteiger partial charge in [0.15, 0.2) is 0 Å². The number of hydrogen-bond acceptors (Lipinski definition) is 5. The molecular weight excluding hydrogens is 416 g/mol. The maximum absolute atomic E-state index is 13.5. The summed E-state index contributed by atoms with van der Waals surface area (Å²) in [6.07, 6.45) is 3.63. The first kappa shape index (κ1) is 23.1. The fraction of sp³-hybridized carbons (Fsp3) is 0.407. The first-order valence-electron chi connectivity index (χ1n) is 11.7. The monoisotopic (exact) mass is 448 g/mol. The van der Waals surface area contributed by atoms with Gasteiger partial charge in [-0.3, -0.25) is 14.5 Å². The van der Waals surface area contributed by atoms with Crippen LogP contribution in [0.1, 0.15) is 30.4 Å². The Morgan fingerprint density at radius 2 is 1.61 bits per heavy atom. The van der Waals surface area contributed by atoms with Crippen LogP contribution < -0.4 is 4.74 Å². The van der Waals surface area contributed by atoms with Crippen LogP contribution in [0.25, 0.3) is 5.57 Å². The Balaban J connectivity index is 1.59. The van der Waals surface area contributed by atoms with Gasteiger partial charge in [0.05, 0.1) is 12.7 Å². The molecule has 0 bridgehead atoms. The third kappa shape index (κ3) is 4.96. The predicted octanol–water partition coefficient (Wildman–Crippen LogP) is 3.77. The van der Waals surface area contributed by atoms with E-state index in [2.05, 4.69) is 29.2 Å². The van der Waals surface area contributed by atoms with Gasteiger partial charge in [0.1, 0.15) is 11.4 Å². The summed E-state index contributed by atoms with van der Waals surface area (Å²) in [4.78, 5) is 30.4. The lowest BCUT2D eigenvalue weighted by Crippen LogP contribution is -2.39. The minimum absolute atomic E-state index is 0.210. The lowest BCUT2D eigenvalue weighted by Gasteiger charge is -2.34. The Hall–Kier alpha value is -3.12. The second-order valence-electron chi connectivity index (χ2n) is 8.65. The van der Waals surface area contributed by atoms with Crippen LogP contribution in [0.15, 0.2) is 60.3 Å². The van der Waals surface area contributed by atoms with E-state index in [1.165, 1.54) is 10.5 Å². The molecule has 174 valence electrons. The summed E-state index contributed by atoms with van der Waals surface area (Å²) in [5.74, 6) is 0.716. The summed E-state index contributed by atoms with van der Waals surface area (Å²) < 4.78 is 10.7. The van der Waals surface area contributed by atoms with Gasteiger partial charge in [0, 0.05) is 38.9 Å². The smallest absolute Gasteiger partial charge is 0.277 e. The zero-order chi connectivity index (χ0) is 23.2. The Morgan fingerprint density at radius 1 is 0.909 bits per heavy atom. The van der Waals surface area contributed by atoms with Crippen LogP contribution in [0.3, 0.4) is 0 Å². The molecule has 0 N–H and O–H groups in total. The molecule has 0 radical (unpaired) electrons. The highest BCUT2D eigenvalue weighted by Gasteiger charge is 2.42. The summed E-state index contributed by atoms with van der Waals surface area (Å²) >= 11 is 0. The van der Waals surface area contributed by atoms with Crippen LogP contribution in [-0.4, -0.2) is 62.1 Å². The summed E-state index contributed by atoms with van der Waals surface area (Å²) in [6.45, 7) is 2.37. The maximum atomic E-state index is 13.5. The third-order valence-electron chi connectivity index (χ3n) is 6.55. The minimum Gasteiger partial charge on any atom is -0.496 e. The largest absolute Gasteiger partial charge is 0.496 e. The van der Waals surface area contributed by atoms with Crippen molar-refractivity contribution in [3.63, 3.8) is 0 Å². The molecule has 6 nitrogen and oxygen atoms in total. The van der Waals surface area contributed by atoms with Crippen LogP contribution in [0.5, 0.6) is 5.75 Å². The van der Waals surface area contributed by atoms with Gasteiger partial charge in [0.25, 0.3) is 11.8 Å². The van der Waals surface area contributed by atoms with Crippen molar-refractivity contribution < 1.29 is 19.1 Å². The van der Waals surface area contributed by atoms with E-state index >= 15 is 0 Å². The van der Waals surface area contributed by atoms with Crippen molar-refractivity contribution in [3.8, 4) is 5.75 Å². The molecule has 0 atom stereocenters. The number of carbonyl (C=O) groups excluding carboxylic acids is 2. The quantitative estimate of drug-likeness (QED) is 0.432. The Bertz CT molecular complexity index is 1010. The topological polar surface area (TPSA) is 59.1 Å². The predicted molar refractivity (Wildman–Crippen MR) is 128 cm³/mol. The number of benzene rings is 2. The standard InChI is InChI=1S/C27H32N2O4/c1-32-18-8-15-29-26(30)24(22-11-6-7-12-23(22)33-2)25(27(29)31)28-16-13-21(14-17-28)19-20-9-4-3-5-10-20/h3-7,9-12,21H,8,13-19H2,1-2H3. The van der Waals surface area contributed by atoms with Gasteiger partial charge in [-0.1, -0.05) is 48.5 Å². The molecule has 1 fully saturated rings. The molecule has 33 heavy (non-hydrogen) atoms. The molecule has 2 aliphatic heterocycles. The van der Waals surface area contributed by atoms with E-state index in [1.54, 1.807) is 14.2 Å². The zero-order valence-electron chi connectivity index (χ0n) is 19.5. The van der Waals surface area contributed by atoms with Gasteiger partial charge < -0.3 is 14.4 Å². The zero-order valence-corrected chi connectivity index (χ0v) is 19.5. The molecule has 2 heterocycles. The van der Waals surface area contributed by atoms with Crippen LogP contribution in [0.2, 0.25) is 0 Å². The number of hydrogen-bond donors (Lipinski definition) is 0. The summed E-state index contributed by atoms with van der Waals surface area (Å²) in [5, 5.41) is 0. The molecule has 2 aromatic carbocycles. The van der Waals surface area contributed by atoms with Gasteiger partial charge in [-0.15, -0.1) is 0 Å². The third-order valence-corrected chi connectivity index (χ3v) is 6.55. The fourth-order valence-electron chi connectivity index (χ4n) is 4.83. The van der Waals surface area contributed by atoms with Crippen LogP contribution in [0, 0.1) is 5.92 Å². The minimum atomic E-state index is -0.248. The second kappa shape index (κ2) is 10.7. The highest BCUT2D eigenvalue weighted by molar-refractivity contribution is 6.36. The van der Waals surface area contributed by atoms with E-state index in [9.17, 15) is 9.59 Å². The molecule has 2 amide bonds. The van der Waals surface area contributed by atoms with Crippen LogP contribution in [-0.2, 0) is 20.7 Å². The number of piperidine rings is 1. The molecular formula is C27H32N2O4. The molecule has 2 aliphatic rings. The van der Waals surface area contributed by atoms with Crippen molar-refractivity contribution >= 4 is 17.4 Å². The van der Waals surface area contributed by atoms with Gasteiger partial charge in [-0.2, -0.15) is 0 Å². The number of amides is 2. The summed E-state index contributed by atoms with van der Waals surface area (Å²) in [6, 6.07) is 18.0. The summed E-state index contributed by atoms with van der Waals surface area (Å²) in [5.41, 5.74) is 2.99. The Morgan fingerprint density at radius 3 is 2.30 bits per heavy atom. The van der Waals surface area contributed by atoms with Gasteiger partial charge >= 0.3 is 0 Å². The number of imide groups is 1. The lowest BCUT2D eigenvalue weighted by atomic mass is 9.89. The molecule has 0 aliphatic carbocycles. The van der Waals surface area contributed by atoms with Gasteiger partial charge in [0.2, 0.25) is 0 Å². The molecule has 2 aromatic rings. The van der Waals surface area contributed by atoms with E-state index < -0.39 is 0 Å². The molecule has 0 aromatic heterocycles. The number of rotatable bonds is 9. The van der Waals surface area contributed by atoms with Gasteiger partial charge in [-0.05, 0) is 43.2 Å². The lowest BCUT2D eigenvalue weighted by molar-refractivity contribution is -0.137. The first-order valence-corrected chi connectivity index (χ1v) is 11.7. The number of methoxy groups -OCH3 is 2. The molecule has 0 spiro atoms. The summed E-state index contributed by atoms with van der Waals surface area (Å²) in [7, 11) is 3.21. The average molecular weight is 449 g/mol. The molecule has 0 unspecified atom stereocenters. The Kier molecular flexibility index (Phi) is 7.45. The van der Waals surface area contributed by atoms with E-state index in [1.807, 2.05) is 30.3 Å². The van der Waals surface area contributed by atoms with Crippen molar-refractivity contribution in [2.24, 2.45) is 5.92 Å². The molecule has 0 saturated carbocycles. The van der Waals surface area contributed by atoms with E-state index in [0.29, 0.717) is 48.1 Å². The molecule has 4 rings (SSSR count). The number of para-hydroxylation sites is 1. The first-order chi connectivity index (χ1) is 16.1. The van der Waals surface area contributed by atoms with Crippen molar-refractivity contribution in [2.75, 3.05) is 40.5 Å². The van der Waals surface area contributed by atoms with Crippen molar-refractivity contribution in [1.29, 1.82) is 0 Å². The average Bonchev–Trinajstić information content (AvgIpc) is 3.10. The van der Waals surface area contributed by atoms with Crippen LogP contribution >= 0.6 is 0 Å². The highest BCUT2D eigenvalue weighted by Crippen LogP contribution is 2.37. The van der Waals surface area contributed by atoms with E-state index in [0.717, 1.165) is 32.4 Å². The van der Waals surface area contributed by atoms with E-state index in [-0.39, 0.29) is 11.8 Å². The Labute approximate surface area is 195 Å². The normalized spacial score (nSPS) is 17.3. The highest BCUT2D eigenvalue weighted by atomic mass is 16.5. The number of nitrogens with zero attached hydrogens (tertiary/aromatic N) is 2. The van der Waals surface area contributed by atoms with Gasteiger partial charge in [-0.25, -0.2) is 0 Å². The molecule has 6 heteroatoms. The van der Waals surface area contributed by atoms with Crippen LogP contribution in [0.4, 0.5) is 0 Å². The molecule has 1 saturated heterocycles. The fourth-order valence-corrected chi connectivity index (χ4v) is 4.83.